The Labute approximate surface area is 165 Å². The summed E-state index contributed by atoms with van der Waals surface area (Å²) in [5.74, 6) is 2.50. The fourth-order valence-electron chi connectivity index (χ4n) is 2.86. The van der Waals surface area contributed by atoms with Gasteiger partial charge in [-0.25, -0.2) is 4.98 Å². The van der Waals surface area contributed by atoms with E-state index in [0.29, 0.717) is 13.2 Å². The molecule has 0 amide bonds. The number of rotatable bonds is 7. The van der Waals surface area contributed by atoms with Crippen LogP contribution in [0, 0.1) is 6.92 Å². The molecule has 7 heteroatoms. The molecule has 0 aliphatic carbocycles. The van der Waals surface area contributed by atoms with Crippen LogP contribution in [0.25, 0.3) is 11.4 Å². The molecule has 0 radical (unpaired) electrons. The standard InChI is InChI=1S/C21H26N6O/c1-16-7-4-5-10-19(16)28-12-11-27(3)21(22-2)23-14-17-8-6-9-18(13-17)20-24-15-25-26-20/h4-10,13,15H,11-12,14H2,1-3H3,(H,22,23)(H,24,25,26). The summed E-state index contributed by atoms with van der Waals surface area (Å²) in [5, 5.41) is 10.2. The van der Waals surface area contributed by atoms with Gasteiger partial charge in [0, 0.05) is 26.2 Å². The van der Waals surface area contributed by atoms with Crippen molar-refractivity contribution < 1.29 is 4.74 Å². The zero-order chi connectivity index (χ0) is 19.8. The van der Waals surface area contributed by atoms with Crippen LogP contribution in [0.4, 0.5) is 0 Å². The molecular weight excluding hydrogens is 352 g/mol. The van der Waals surface area contributed by atoms with Gasteiger partial charge in [0.15, 0.2) is 11.8 Å². The number of aliphatic imine (C=N–C) groups is 1. The number of guanidine groups is 1. The Kier molecular flexibility index (Phi) is 6.62. The van der Waals surface area contributed by atoms with Crippen LogP contribution in [0.2, 0.25) is 0 Å². The third kappa shape index (κ3) is 5.09. The predicted molar refractivity (Wildman–Crippen MR) is 111 cm³/mol. The number of para-hydroxylation sites is 1. The van der Waals surface area contributed by atoms with Crippen LogP contribution in [0.3, 0.4) is 0 Å². The van der Waals surface area contributed by atoms with Crippen molar-refractivity contribution in [1.29, 1.82) is 0 Å². The number of ether oxygens (including phenoxy) is 1. The van der Waals surface area contributed by atoms with Crippen LogP contribution in [0.5, 0.6) is 5.75 Å². The molecule has 3 aromatic rings. The second kappa shape index (κ2) is 9.55. The number of hydrogen-bond donors (Lipinski definition) is 2. The summed E-state index contributed by atoms with van der Waals surface area (Å²) in [6, 6.07) is 16.2. The summed E-state index contributed by atoms with van der Waals surface area (Å²) in [5.41, 5.74) is 3.28. The quantitative estimate of drug-likeness (QED) is 0.488. The van der Waals surface area contributed by atoms with Gasteiger partial charge in [0.2, 0.25) is 0 Å². The van der Waals surface area contributed by atoms with Crippen molar-refractivity contribution in [2.75, 3.05) is 27.2 Å². The molecule has 0 aliphatic heterocycles. The van der Waals surface area contributed by atoms with Crippen LogP contribution in [-0.2, 0) is 6.54 Å². The summed E-state index contributed by atoms with van der Waals surface area (Å²) >= 11 is 0. The van der Waals surface area contributed by atoms with Gasteiger partial charge in [-0.1, -0.05) is 36.4 Å². The molecule has 7 nitrogen and oxygen atoms in total. The Bertz CT molecular complexity index is 907. The highest BCUT2D eigenvalue weighted by atomic mass is 16.5. The normalized spacial score (nSPS) is 11.3. The van der Waals surface area contributed by atoms with Gasteiger partial charge >= 0.3 is 0 Å². The van der Waals surface area contributed by atoms with Crippen molar-refractivity contribution in [1.82, 2.24) is 25.4 Å². The molecule has 0 spiro atoms. The number of nitrogens with one attached hydrogen (secondary N) is 2. The van der Waals surface area contributed by atoms with E-state index < -0.39 is 0 Å². The maximum Gasteiger partial charge on any atom is 0.193 e. The topological polar surface area (TPSA) is 78.4 Å². The second-order valence-electron chi connectivity index (χ2n) is 6.47. The SMILES string of the molecule is CN=C(NCc1cccc(-c2ncn[nH]2)c1)N(C)CCOc1ccccc1C. The minimum absolute atomic E-state index is 0.586. The minimum Gasteiger partial charge on any atom is -0.491 e. The number of likely N-dealkylation sites (N-methyl/N-ethyl adjacent to an activating group) is 1. The van der Waals surface area contributed by atoms with Crippen LogP contribution >= 0.6 is 0 Å². The Morgan fingerprint density at radius 1 is 1.21 bits per heavy atom. The number of aromatic amines is 1. The molecule has 1 heterocycles. The van der Waals surface area contributed by atoms with Crippen LogP contribution < -0.4 is 10.1 Å². The molecule has 3 rings (SSSR count). The number of aryl methyl sites for hydroxylation is 1. The van der Waals surface area contributed by atoms with E-state index in [9.17, 15) is 0 Å². The minimum atomic E-state index is 0.586. The number of benzene rings is 2. The zero-order valence-electron chi connectivity index (χ0n) is 16.5. The molecule has 146 valence electrons. The maximum absolute atomic E-state index is 5.88. The van der Waals surface area contributed by atoms with Gasteiger partial charge in [0.25, 0.3) is 0 Å². The van der Waals surface area contributed by atoms with Gasteiger partial charge in [-0.2, -0.15) is 5.10 Å². The molecule has 0 saturated carbocycles. The Hall–Kier alpha value is -3.35. The number of aromatic nitrogens is 3. The molecule has 0 unspecified atom stereocenters. The highest BCUT2D eigenvalue weighted by Gasteiger charge is 2.07. The monoisotopic (exact) mass is 378 g/mol. The molecule has 0 fully saturated rings. The summed E-state index contributed by atoms with van der Waals surface area (Å²) < 4.78 is 5.88. The van der Waals surface area contributed by atoms with E-state index in [-0.39, 0.29) is 0 Å². The maximum atomic E-state index is 5.88. The molecule has 0 aliphatic rings. The predicted octanol–water partition coefficient (Wildman–Crippen LogP) is 2.87. The van der Waals surface area contributed by atoms with E-state index >= 15 is 0 Å². The molecule has 0 bridgehead atoms. The first-order chi connectivity index (χ1) is 13.7. The average Bonchev–Trinajstić information content (AvgIpc) is 3.25. The molecule has 2 N–H and O–H groups in total. The largest absolute Gasteiger partial charge is 0.491 e. The van der Waals surface area contributed by atoms with E-state index in [1.54, 1.807) is 7.05 Å². The average molecular weight is 378 g/mol. The number of nitrogens with zero attached hydrogens (tertiary/aromatic N) is 4. The van der Waals surface area contributed by atoms with E-state index in [0.717, 1.165) is 40.8 Å². The van der Waals surface area contributed by atoms with Gasteiger partial charge in [0.05, 0.1) is 6.54 Å². The van der Waals surface area contributed by atoms with Crippen molar-refractivity contribution in [3.05, 3.63) is 66.0 Å². The van der Waals surface area contributed by atoms with Gasteiger partial charge in [0.1, 0.15) is 18.7 Å². The van der Waals surface area contributed by atoms with E-state index in [2.05, 4.69) is 42.5 Å². The van der Waals surface area contributed by atoms with Crippen molar-refractivity contribution in [2.24, 2.45) is 4.99 Å². The van der Waals surface area contributed by atoms with E-state index in [4.69, 9.17) is 4.74 Å². The first kappa shape index (κ1) is 19.4. The second-order valence-corrected chi connectivity index (χ2v) is 6.47. The Morgan fingerprint density at radius 2 is 2.07 bits per heavy atom. The summed E-state index contributed by atoms with van der Waals surface area (Å²) in [4.78, 5) is 10.6. The lowest BCUT2D eigenvalue weighted by molar-refractivity contribution is 0.280. The van der Waals surface area contributed by atoms with Crippen LogP contribution in [0.15, 0.2) is 59.9 Å². The fourth-order valence-corrected chi connectivity index (χ4v) is 2.86. The van der Waals surface area contributed by atoms with Crippen molar-refractivity contribution in [3.8, 4) is 17.1 Å². The Morgan fingerprint density at radius 3 is 2.82 bits per heavy atom. The number of hydrogen-bond acceptors (Lipinski definition) is 4. The van der Waals surface area contributed by atoms with Crippen molar-refractivity contribution in [2.45, 2.75) is 13.5 Å². The lowest BCUT2D eigenvalue weighted by atomic mass is 10.1. The summed E-state index contributed by atoms with van der Waals surface area (Å²) in [7, 11) is 3.79. The molecule has 0 saturated heterocycles. The van der Waals surface area contributed by atoms with Gasteiger partial charge < -0.3 is 15.0 Å². The van der Waals surface area contributed by atoms with Crippen molar-refractivity contribution in [3.63, 3.8) is 0 Å². The third-order valence-electron chi connectivity index (χ3n) is 4.42. The lowest BCUT2D eigenvalue weighted by Gasteiger charge is -2.22. The van der Waals surface area contributed by atoms with E-state index in [1.165, 1.54) is 6.33 Å². The van der Waals surface area contributed by atoms with Gasteiger partial charge in [-0.15, -0.1) is 0 Å². The van der Waals surface area contributed by atoms with Gasteiger partial charge in [-0.05, 0) is 30.2 Å². The molecule has 2 aromatic carbocycles. The van der Waals surface area contributed by atoms with Gasteiger partial charge in [-0.3, -0.25) is 10.1 Å². The summed E-state index contributed by atoms with van der Waals surface area (Å²) in [6.45, 7) is 4.03. The zero-order valence-corrected chi connectivity index (χ0v) is 16.5. The first-order valence-corrected chi connectivity index (χ1v) is 9.22. The summed E-state index contributed by atoms with van der Waals surface area (Å²) in [6.07, 6.45) is 1.51. The lowest BCUT2D eigenvalue weighted by Crippen LogP contribution is -2.40. The van der Waals surface area contributed by atoms with E-state index in [1.807, 2.05) is 50.4 Å². The highest BCUT2D eigenvalue weighted by Crippen LogP contribution is 2.16. The molecular formula is C21H26N6O. The molecule has 1 aromatic heterocycles. The first-order valence-electron chi connectivity index (χ1n) is 9.22. The molecule has 28 heavy (non-hydrogen) atoms. The molecule has 0 atom stereocenters. The number of H-pyrrole nitrogens is 1. The smallest absolute Gasteiger partial charge is 0.193 e. The van der Waals surface area contributed by atoms with Crippen LogP contribution in [-0.4, -0.2) is 53.3 Å². The highest BCUT2D eigenvalue weighted by molar-refractivity contribution is 5.79. The fraction of sp³-hybridized carbons (Fsp3) is 0.286. The Balaban J connectivity index is 1.51. The van der Waals surface area contributed by atoms with Crippen molar-refractivity contribution >= 4 is 5.96 Å². The van der Waals surface area contributed by atoms with Crippen LogP contribution in [0.1, 0.15) is 11.1 Å². The third-order valence-corrected chi connectivity index (χ3v) is 4.42.